The number of rotatable bonds is 3. The number of nitrogens with one attached hydrogen (secondary N) is 1. The average Bonchev–Trinajstić information content (AvgIpc) is 2.93. The number of hydrogen-bond donors (Lipinski definition) is 1. The minimum atomic E-state index is 0.723. The van der Waals surface area contributed by atoms with E-state index >= 15 is 0 Å². The molecule has 1 aromatic carbocycles. The summed E-state index contributed by atoms with van der Waals surface area (Å²) in [6.07, 6.45) is 1.80. The third-order valence-electron chi connectivity index (χ3n) is 2.87. The van der Waals surface area contributed by atoms with Crippen molar-refractivity contribution in [1.29, 1.82) is 5.26 Å². The van der Waals surface area contributed by atoms with E-state index < -0.39 is 0 Å². The van der Waals surface area contributed by atoms with E-state index in [9.17, 15) is 0 Å². The maximum absolute atomic E-state index is 8.81. The first-order valence-electron chi connectivity index (χ1n) is 5.93. The van der Waals surface area contributed by atoms with Crippen LogP contribution in [0.25, 0.3) is 10.9 Å². The van der Waals surface area contributed by atoms with E-state index in [0.717, 1.165) is 32.9 Å². The highest BCUT2D eigenvalue weighted by Gasteiger charge is 2.02. The molecule has 0 saturated heterocycles. The Kier molecular flexibility index (Phi) is 3.13. The lowest BCUT2D eigenvalue weighted by molar-refractivity contribution is 1.20. The van der Waals surface area contributed by atoms with Gasteiger partial charge in [0.25, 0.3) is 0 Å². The van der Waals surface area contributed by atoms with Crippen molar-refractivity contribution in [2.75, 3.05) is 5.32 Å². The standard InChI is InChI=1S/C15H11N3S/c16-9-11-6-7-12(19-11)10-18-15-5-1-4-14-13(15)3-2-8-17-14/h1-8,18H,10H2. The zero-order valence-corrected chi connectivity index (χ0v) is 10.9. The summed E-state index contributed by atoms with van der Waals surface area (Å²) in [6.45, 7) is 0.723. The lowest BCUT2D eigenvalue weighted by atomic mass is 10.2. The second-order valence-electron chi connectivity index (χ2n) is 4.11. The van der Waals surface area contributed by atoms with E-state index in [0.29, 0.717) is 0 Å². The van der Waals surface area contributed by atoms with Gasteiger partial charge in [0.15, 0.2) is 0 Å². The molecular formula is C15H11N3S. The molecular weight excluding hydrogens is 254 g/mol. The zero-order chi connectivity index (χ0) is 13.1. The van der Waals surface area contributed by atoms with E-state index in [2.05, 4.69) is 22.4 Å². The van der Waals surface area contributed by atoms with Crippen LogP contribution in [0.4, 0.5) is 5.69 Å². The fourth-order valence-corrected chi connectivity index (χ4v) is 2.72. The van der Waals surface area contributed by atoms with Crippen LogP contribution in [-0.4, -0.2) is 4.98 Å². The smallest absolute Gasteiger partial charge is 0.110 e. The van der Waals surface area contributed by atoms with Crippen molar-refractivity contribution in [2.45, 2.75) is 6.54 Å². The van der Waals surface area contributed by atoms with E-state index in [4.69, 9.17) is 5.26 Å². The van der Waals surface area contributed by atoms with Crippen molar-refractivity contribution in [1.82, 2.24) is 4.98 Å². The average molecular weight is 265 g/mol. The number of anilines is 1. The first-order valence-corrected chi connectivity index (χ1v) is 6.75. The lowest BCUT2D eigenvalue weighted by Gasteiger charge is -2.08. The third kappa shape index (κ3) is 2.42. The van der Waals surface area contributed by atoms with Crippen molar-refractivity contribution >= 4 is 27.9 Å². The molecule has 0 aliphatic rings. The van der Waals surface area contributed by atoms with Gasteiger partial charge in [-0.3, -0.25) is 4.98 Å². The monoisotopic (exact) mass is 265 g/mol. The summed E-state index contributed by atoms with van der Waals surface area (Å²) in [5.41, 5.74) is 2.05. The van der Waals surface area contributed by atoms with Gasteiger partial charge in [0.1, 0.15) is 10.9 Å². The Morgan fingerprint density at radius 1 is 1.16 bits per heavy atom. The van der Waals surface area contributed by atoms with Gasteiger partial charge >= 0.3 is 0 Å². The maximum atomic E-state index is 8.81. The van der Waals surface area contributed by atoms with Crippen LogP contribution in [0, 0.1) is 11.3 Å². The van der Waals surface area contributed by atoms with Gasteiger partial charge in [-0.1, -0.05) is 6.07 Å². The molecule has 0 spiro atoms. The van der Waals surface area contributed by atoms with Crippen LogP contribution >= 0.6 is 11.3 Å². The summed E-state index contributed by atoms with van der Waals surface area (Å²) in [5, 5.41) is 13.3. The summed E-state index contributed by atoms with van der Waals surface area (Å²) < 4.78 is 0. The SMILES string of the molecule is N#Cc1ccc(CNc2cccc3ncccc23)s1. The lowest BCUT2D eigenvalue weighted by Crippen LogP contribution is -1.98. The number of nitriles is 1. The Hall–Kier alpha value is -2.38. The van der Waals surface area contributed by atoms with Gasteiger partial charge < -0.3 is 5.32 Å². The van der Waals surface area contributed by atoms with Crippen LogP contribution in [0.1, 0.15) is 9.75 Å². The number of fused-ring (bicyclic) bond motifs is 1. The Morgan fingerprint density at radius 3 is 2.95 bits per heavy atom. The number of pyridine rings is 1. The van der Waals surface area contributed by atoms with Crippen LogP contribution in [0.5, 0.6) is 0 Å². The highest BCUT2D eigenvalue weighted by Crippen LogP contribution is 2.23. The molecule has 0 aliphatic carbocycles. The molecule has 1 N–H and O–H groups in total. The van der Waals surface area contributed by atoms with Crippen LogP contribution in [0.15, 0.2) is 48.7 Å². The molecule has 0 radical (unpaired) electrons. The van der Waals surface area contributed by atoms with Gasteiger partial charge in [-0.25, -0.2) is 0 Å². The minimum absolute atomic E-state index is 0.723. The first-order chi connectivity index (χ1) is 9.36. The molecule has 3 nitrogen and oxygen atoms in total. The number of benzene rings is 1. The van der Waals surface area contributed by atoms with Crippen molar-refractivity contribution < 1.29 is 0 Å². The van der Waals surface area contributed by atoms with Gasteiger partial charge in [0.05, 0.1) is 5.52 Å². The molecule has 0 fully saturated rings. The molecule has 2 heterocycles. The molecule has 19 heavy (non-hydrogen) atoms. The molecule has 0 saturated carbocycles. The molecule has 0 aliphatic heterocycles. The van der Waals surface area contributed by atoms with Crippen molar-refractivity contribution in [3.63, 3.8) is 0 Å². The van der Waals surface area contributed by atoms with Crippen LogP contribution in [0.3, 0.4) is 0 Å². The normalized spacial score (nSPS) is 10.3. The van der Waals surface area contributed by atoms with E-state index in [1.165, 1.54) is 11.3 Å². The molecule has 92 valence electrons. The van der Waals surface area contributed by atoms with E-state index in [1.807, 2.05) is 36.4 Å². The van der Waals surface area contributed by atoms with Gasteiger partial charge in [0, 0.05) is 28.7 Å². The van der Waals surface area contributed by atoms with Crippen molar-refractivity contribution in [2.24, 2.45) is 0 Å². The molecule has 3 aromatic rings. The highest BCUT2D eigenvalue weighted by molar-refractivity contribution is 7.12. The highest BCUT2D eigenvalue weighted by atomic mass is 32.1. The summed E-state index contributed by atoms with van der Waals surface area (Å²) in [5.74, 6) is 0. The second-order valence-corrected chi connectivity index (χ2v) is 5.28. The first kappa shape index (κ1) is 11.7. The summed E-state index contributed by atoms with van der Waals surface area (Å²) in [4.78, 5) is 6.23. The Balaban J connectivity index is 1.84. The summed E-state index contributed by atoms with van der Waals surface area (Å²) in [6, 6.07) is 16.0. The van der Waals surface area contributed by atoms with Crippen LogP contribution < -0.4 is 5.32 Å². The van der Waals surface area contributed by atoms with Gasteiger partial charge in [-0.05, 0) is 36.4 Å². The predicted octanol–water partition coefficient (Wildman–Crippen LogP) is 3.78. The Bertz CT molecular complexity index is 750. The largest absolute Gasteiger partial charge is 0.380 e. The summed E-state index contributed by atoms with van der Waals surface area (Å²) >= 11 is 1.52. The molecule has 0 amide bonds. The number of nitrogens with zero attached hydrogens (tertiary/aromatic N) is 2. The maximum Gasteiger partial charge on any atom is 0.110 e. The predicted molar refractivity (Wildman–Crippen MR) is 78.1 cm³/mol. The Morgan fingerprint density at radius 2 is 2.11 bits per heavy atom. The molecule has 4 heteroatoms. The molecule has 0 bridgehead atoms. The topological polar surface area (TPSA) is 48.7 Å². The zero-order valence-electron chi connectivity index (χ0n) is 10.1. The quantitative estimate of drug-likeness (QED) is 0.784. The van der Waals surface area contributed by atoms with Gasteiger partial charge in [-0.2, -0.15) is 5.26 Å². The minimum Gasteiger partial charge on any atom is -0.380 e. The third-order valence-corrected chi connectivity index (χ3v) is 3.86. The molecule has 2 aromatic heterocycles. The van der Waals surface area contributed by atoms with E-state index in [-0.39, 0.29) is 0 Å². The summed E-state index contributed by atoms with van der Waals surface area (Å²) in [7, 11) is 0. The van der Waals surface area contributed by atoms with Crippen LogP contribution in [0.2, 0.25) is 0 Å². The van der Waals surface area contributed by atoms with Crippen molar-refractivity contribution in [3.05, 3.63) is 58.4 Å². The number of aromatic nitrogens is 1. The Labute approximate surface area is 115 Å². The van der Waals surface area contributed by atoms with Crippen molar-refractivity contribution in [3.8, 4) is 6.07 Å². The molecule has 0 unspecified atom stereocenters. The fourth-order valence-electron chi connectivity index (χ4n) is 1.97. The van der Waals surface area contributed by atoms with Gasteiger partial charge in [-0.15, -0.1) is 11.3 Å². The fraction of sp³-hybridized carbons (Fsp3) is 0.0667. The van der Waals surface area contributed by atoms with E-state index in [1.54, 1.807) is 6.20 Å². The number of thiophene rings is 1. The second kappa shape index (κ2) is 5.09. The van der Waals surface area contributed by atoms with Gasteiger partial charge in [0.2, 0.25) is 0 Å². The molecule has 0 atom stereocenters. The molecule has 3 rings (SSSR count). The number of hydrogen-bond acceptors (Lipinski definition) is 4. The van der Waals surface area contributed by atoms with Crippen LogP contribution in [-0.2, 0) is 6.54 Å².